The van der Waals surface area contributed by atoms with Crippen molar-refractivity contribution in [2.24, 2.45) is 5.92 Å². The van der Waals surface area contributed by atoms with E-state index in [1.807, 2.05) is 50.2 Å². The van der Waals surface area contributed by atoms with E-state index >= 15 is 0 Å². The Morgan fingerprint density at radius 3 is 2.38 bits per heavy atom. The van der Waals surface area contributed by atoms with Gasteiger partial charge in [0.2, 0.25) is 23.6 Å². The van der Waals surface area contributed by atoms with E-state index in [1.54, 1.807) is 31.3 Å². The van der Waals surface area contributed by atoms with Crippen LogP contribution in [0.3, 0.4) is 0 Å². The van der Waals surface area contributed by atoms with Gasteiger partial charge in [-0.15, -0.1) is 0 Å². The summed E-state index contributed by atoms with van der Waals surface area (Å²) in [6.07, 6.45) is 4.56. The summed E-state index contributed by atoms with van der Waals surface area (Å²) >= 11 is 0. The lowest BCUT2D eigenvalue weighted by atomic mass is 10.0. The SMILES string of the molecule is CC(C)C[C@H]1NC(=O)c2coc(n2)[C@H](Cc2ccccc2)NC(=O)[C@@H]2C[C@H](NC(=O)c3cc(-c4ccccn4)n[nH]3)CN2C(=O)c2coc(n2)[C@@H](C)NC1=O. The maximum absolute atomic E-state index is 14.3. The van der Waals surface area contributed by atoms with E-state index in [0.29, 0.717) is 17.8 Å². The third-order valence-corrected chi connectivity index (χ3v) is 9.40. The van der Waals surface area contributed by atoms with Crippen LogP contribution in [0.2, 0.25) is 0 Å². The Hall–Kier alpha value is -6.65. The van der Waals surface area contributed by atoms with Crippen molar-refractivity contribution in [1.82, 2.24) is 51.3 Å². The fourth-order valence-electron chi connectivity index (χ4n) is 6.67. The van der Waals surface area contributed by atoms with Crippen molar-refractivity contribution in [2.75, 3.05) is 6.54 Å². The first-order valence-electron chi connectivity index (χ1n) is 18.0. The number of carbonyl (C=O) groups is 5. The average Bonchev–Trinajstić information content (AvgIpc) is 4.01. The molecule has 55 heavy (non-hydrogen) atoms. The zero-order valence-corrected chi connectivity index (χ0v) is 30.3. The predicted molar refractivity (Wildman–Crippen MR) is 194 cm³/mol. The van der Waals surface area contributed by atoms with Crippen LogP contribution in [0.5, 0.6) is 0 Å². The Balaban J connectivity index is 1.20. The number of aromatic nitrogens is 5. The van der Waals surface area contributed by atoms with Crippen LogP contribution in [0, 0.1) is 5.92 Å². The first kappa shape index (κ1) is 36.7. The Morgan fingerprint density at radius 1 is 0.873 bits per heavy atom. The van der Waals surface area contributed by atoms with Crippen molar-refractivity contribution in [3.05, 3.63) is 108 Å². The molecule has 5 N–H and O–H groups in total. The van der Waals surface area contributed by atoms with Gasteiger partial charge in [-0.2, -0.15) is 5.10 Å². The molecule has 284 valence electrons. The van der Waals surface area contributed by atoms with Gasteiger partial charge in [0, 0.05) is 25.2 Å². The summed E-state index contributed by atoms with van der Waals surface area (Å²) in [6.45, 7) is 5.43. The highest BCUT2D eigenvalue weighted by atomic mass is 16.3. The molecule has 2 aliphatic heterocycles. The molecule has 5 atom stereocenters. The Labute approximate surface area is 315 Å². The number of nitrogens with zero attached hydrogens (tertiary/aromatic N) is 5. The molecule has 7 rings (SSSR count). The molecule has 0 aliphatic carbocycles. The number of hydrogen-bond acceptors (Lipinski definition) is 11. The molecule has 0 saturated carbocycles. The molecule has 4 bridgehead atoms. The monoisotopic (exact) mass is 748 g/mol. The van der Waals surface area contributed by atoms with Crippen LogP contribution in [0.4, 0.5) is 0 Å². The number of benzene rings is 1. The van der Waals surface area contributed by atoms with Crippen LogP contribution >= 0.6 is 0 Å². The van der Waals surface area contributed by atoms with Gasteiger partial charge < -0.3 is 35.0 Å². The van der Waals surface area contributed by atoms with Gasteiger partial charge in [-0.1, -0.05) is 50.2 Å². The second kappa shape index (κ2) is 15.8. The summed E-state index contributed by atoms with van der Waals surface area (Å²) < 4.78 is 11.4. The molecule has 1 fully saturated rings. The average molecular weight is 749 g/mol. The van der Waals surface area contributed by atoms with E-state index in [4.69, 9.17) is 8.83 Å². The molecule has 4 aromatic heterocycles. The second-order valence-corrected chi connectivity index (χ2v) is 14.0. The quantitative estimate of drug-likeness (QED) is 0.162. The fourth-order valence-corrected chi connectivity index (χ4v) is 6.67. The summed E-state index contributed by atoms with van der Waals surface area (Å²) in [5.74, 6) is -2.64. The summed E-state index contributed by atoms with van der Waals surface area (Å²) in [4.78, 5) is 83.2. The molecule has 2 aliphatic rings. The minimum atomic E-state index is -1.08. The van der Waals surface area contributed by atoms with Gasteiger partial charge in [-0.05, 0) is 49.4 Å². The van der Waals surface area contributed by atoms with Gasteiger partial charge in [0.25, 0.3) is 17.7 Å². The van der Waals surface area contributed by atoms with Gasteiger partial charge in [-0.25, -0.2) is 9.97 Å². The standard InChI is InChI=1S/C38H40N10O7/c1-20(2)13-26-32(49)40-21(3)36-45-30(19-54-36)38(53)48-17-23(41-33(50)27-16-25(46-47-27)24-11-7-8-12-39-24)15-31(48)35(52)43-28(14-22-9-5-4-6-10-22)37-44-29(18-55-37)34(51)42-26/h4-12,16,18-21,23,26,28,31H,13-15,17H2,1-3H3,(H,40,49)(H,41,50)(H,42,51)(H,43,52)(H,46,47)/t21-,23+,26-,28+,31+/m1/s1. The van der Waals surface area contributed by atoms with Gasteiger partial charge in [0.1, 0.15) is 48.1 Å². The number of nitrogens with one attached hydrogen (secondary N) is 5. The molecular formula is C38H40N10O7. The summed E-state index contributed by atoms with van der Waals surface area (Å²) in [7, 11) is 0. The molecule has 1 aromatic carbocycles. The van der Waals surface area contributed by atoms with Crippen LogP contribution < -0.4 is 21.3 Å². The molecule has 5 aromatic rings. The van der Waals surface area contributed by atoms with Crippen LogP contribution in [0.15, 0.2) is 82.2 Å². The Bertz CT molecular complexity index is 2180. The molecular weight excluding hydrogens is 708 g/mol. The molecule has 0 unspecified atom stereocenters. The molecule has 0 radical (unpaired) electrons. The Morgan fingerprint density at radius 2 is 1.62 bits per heavy atom. The van der Waals surface area contributed by atoms with Crippen molar-refractivity contribution < 1.29 is 32.8 Å². The van der Waals surface area contributed by atoms with E-state index in [2.05, 4.69) is 46.4 Å². The van der Waals surface area contributed by atoms with Crippen LogP contribution in [-0.4, -0.2) is 84.3 Å². The van der Waals surface area contributed by atoms with E-state index in [9.17, 15) is 24.0 Å². The Kier molecular flexibility index (Phi) is 10.5. The lowest BCUT2D eigenvalue weighted by Crippen LogP contribution is -2.48. The number of amides is 5. The van der Waals surface area contributed by atoms with Crippen molar-refractivity contribution in [1.29, 1.82) is 0 Å². The normalized spacial score (nSPS) is 22.0. The van der Waals surface area contributed by atoms with E-state index in [0.717, 1.165) is 5.56 Å². The number of aromatic amines is 1. The van der Waals surface area contributed by atoms with Gasteiger partial charge >= 0.3 is 0 Å². The summed E-state index contributed by atoms with van der Waals surface area (Å²) in [5.41, 5.74) is 1.88. The number of oxazole rings is 2. The third kappa shape index (κ3) is 8.30. The van der Waals surface area contributed by atoms with Crippen LogP contribution in [0.25, 0.3) is 11.4 Å². The third-order valence-electron chi connectivity index (χ3n) is 9.40. The zero-order chi connectivity index (χ0) is 38.6. The lowest BCUT2D eigenvalue weighted by Gasteiger charge is -2.25. The van der Waals surface area contributed by atoms with Crippen molar-refractivity contribution >= 4 is 29.5 Å². The number of carbonyl (C=O) groups excluding carboxylic acids is 5. The van der Waals surface area contributed by atoms with Crippen molar-refractivity contribution in [3.8, 4) is 11.4 Å². The van der Waals surface area contributed by atoms with E-state index in [1.165, 1.54) is 17.4 Å². The van der Waals surface area contributed by atoms with Crippen LogP contribution in [-0.2, 0) is 16.0 Å². The minimum Gasteiger partial charge on any atom is -0.446 e. The van der Waals surface area contributed by atoms with Crippen LogP contribution in [0.1, 0.15) is 94.5 Å². The van der Waals surface area contributed by atoms with Gasteiger partial charge in [-0.3, -0.25) is 34.1 Å². The molecule has 1 saturated heterocycles. The van der Waals surface area contributed by atoms with Gasteiger partial charge in [0.05, 0.1) is 5.69 Å². The largest absolute Gasteiger partial charge is 0.446 e. The maximum atomic E-state index is 14.3. The van der Waals surface area contributed by atoms with E-state index in [-0.39, 0.29) is 54.2 Å². The van der Waals surface area contributed by atoms with Crippen molar-refractivity contribution in [2.45, 2.75) is 70.2 Å². The molecule has 6 heterocycles. The number of H-pyrrole nitrogens is 1. The smallest absolute Gasteiger partial charge is 0.276 e. The summed E-state index contributed by atoms with van der Waals surface area (Å²) in [6, 6.07) is 11.9. The molecule has 0 spiro atoms. The lowest BCUT2D eigenvalue weighted by molar-refractivity contribution is -0.126. The number of hydrogen-bond donors (Lipinski definition) is 5. The maximum Gasteiger partial charge on any atom is 0.276 e. The fraction of sp³-hybridized carbons (Fsp3) is 0.342. The topological polar surface area (TPSA) is 230 Å². The number of rotatable bonds is 7. The first-order chi connectivity index (χ1) is 26.5. The molecule has 5 amide bonds. The molecule has 17 nitrogen and oxygen atoms in total. The van der Waals surface area contributed by atoms with Gasteiger partial charge in [0.15, 0.2) is 11.4 Å². The first-order valence-corrected chi connectivity index (χ1v) is 18.0. The highest BCUT2D eigenvalue weighted by Gasteiger charge is 2.43. The second-order valence-electron chi connectivity index (χ2n) is 14.0. The van der Waals surface area contributed by atoms with E-state index < -0.39 is 59.7 Å². The summed E-state index contributed by atoms with van der Waals surface area (Å²) in [5, 5.41) is 18.4. The zero-order valence-electron chi connectivity index (χ0n) is 30.3. The molecule has 17 heteroatoms. The number of fused-ring (bicyclic) bond motifs is 5. The highest BCUT2D eigenvalue weighted by Crippen LogP contribution is 2.26. The predicted octanol–water partition coefficient (Wildman–Crippen LogP) is 2.90. The number of pyridine rings is 1. The van der Waals surface area contributed by atoms with Crippen molar-refractivity contribution in [3.63, 3.8) is 0 Å². The highest BCUT2D eigenvalue weighted by molar-refractivity contribution is 5.98. The minimum absolute atomic E-state index is 0.0397.